The van der Waals surface area contributed by atoms with E-state index in [-0.39, 0.29) is 12.1 Å². The number of aryl methyl sites for hydroxylation is 1. The maximum Gasteiger partial charge on any atom is 0.416 e. The first kappa shape index (κ1) is 17.0. The molecule has 5 nitrogen and oxygen atoms in total. The van der Waals surface area contributed by atoms with Gasteiger partial charge >= 0.3 is 12.1 Å². The highest BCUT2D eigenvalue weighted by Crippen LogP contribution is 2.32. The first-order valence-corrected chi connectivity index (χ1v) is 6.71. The normalized spacial score (nSPS) is 13.3. The van der Waals surface area contributed by atoms with Crippen LogP contribution in [0.4, 0.5) is 13.2 Å². The predicted molar refractivity (Wildman–Crippen MR) is 74.5 cm³/mol. The molecule has 2 aromatic rings. The fourth-order valence-corrected chi connectivity index (χ4v) is 2.30. The number of hydrogen-bond acceptors (Lipinski definition) is 4. The molecule has 1 unspecified atom stereocenters. The van der Waals surface area contributed by atoms with Crippen molar-refractivity contribution in [2.75, 3.05) is 7.05 Å². The zero-order valence-corrected chi connectivity index (χ0v) is 12.5. The third-order valence-corrected chi connectivity index (χ3v) is 3.29. The number of rotatable bonds is 5. The molecule has 0 saturated carbocycles. The van der Waals surface area contributed by atoms with Crippen LogP contribution < -0.4 is 0 Å². The standard InChI is InChI=1S/C15H15F3N2O3/c1-9-6-12(23-19-9)8-20(2)13(14(21)22)10-4-3-5-11(7-10)15(16,17)18/h3-7,13H,8H2,1-2H3,(H,21,22). The Kier molecular flexibility index (Phi) is 4.74. The molecular weight excluding hydrogens is 313 g/mol. The number of halogens is 3. The first-order valence-electron chi connectivity index (χ1n) is 6.71. The largest absolute Gasteiger partial charge is 0.480 e. The number of nitrogens with zero attached hydrogens (tertiary/aromatic N) is 2. The summed E-state index contributed by atoms with van der Waals surface area (Å²) >= 11 is 0. The summed E-state index contributed by atoms with van der Waals surface area (Å²) in [6.45, 7) is 1.82. The summed E-state index contributed by atoms with van der Waals surface area (Å²) in [5, 5.41) is 13.1. The van der Waals surface area contributed by atoms with Crippen LogP contribution in [0.5, 0.6) is 0 Å². The highest BCUT2D eigenvalue weighted by atomic mass is 19.4. The minimum atomic E-state index is -4.53. The topological polar surface area (TPSA) is 66.6 Å². The van der Waals surface area contributed by atoms with Gasteiger partial charge in [0.2, 0.25) is 0 Å². The highest BCUT2D eigenvalue weighted by Gasteiger charge is 2.33. The van der Waals surface area contributed by atoms with Crippen molar-refractivity contribution >= 4 is 5.97 Å². The minimum Gasteiger partial charge on any atom is -0.480 e. The van der Waals surface area contributed by atoms with E-state index in [4.69, 9.17) is 4.52 Å². The molecule has 0 aliphatic rings. The van der Waals surface area contributed by atoms with E-state index in [0.29, 0.717) is 11.5 Å². The number of aromatic nitrogens is 1. The minimum absolute atomic E-state index is 0.0473. The van der Waals surface area contributed by atoms with Crippen molar-refractivity contribution < 1.29 is 27.6 Å². The van der Waals surface area contributed by atoms with Crippen LogP contribution in [0.2, 0.25) is 0 Å². The molecule has 0 fully saturated rings. The van der Waals surface area contributed by atoms with Crippen LogP contribution >= 0.6 is 0 Å². The number of benzene rings is 1. The number of hydrogen-bond donors (Lipinski definition) is 1. The van der Waals surface area contributed by atoms with Gasteiger partial charge in [-0.25, -0.2) is 0 Å². The Hall–Kier alpha value is -2.35. The van der Waals surface area contributed by atoms with E-state index in [1.807, 2.05) is 0 Å². The highest BCUT2D eigenvalue weighted by molar-refractivity contribution is 5.75. The molecule has 0 spiro atoms. The van der Waals surface area contributed by atoms with Gasteiger partial charge in [0.25, 0.3) is 0 Å². The van der Waals surface area contributed by atoms with Crippen molar-refractivity contribution in [1.29, 1.82) is 0 Å². The second-order valence-corrected chi connectivity index (χ2v) is 5.21. The van der Waals surface area contributed by atoms with Gasteiger partial charge < -0.3 is 9.63 Å². The third kappa shape index (κ3) is 4.10. The summed E-state index contributed by atoms with van der Waals surface area (Å²) in [4.78, 5) is 12.9. The van der Waals surface area contributed by atoms with Gasteiger partial charge in [0.15, 0.2) is 5.76 Å². The average Bonchev–Trinajstić information content (AvgIpc) is 2.83. The maximum absolute atomic E-state index is 12.8. The molecule has 0 aliphatic heterocycles. The molecule has 1 N–H and O–H groups in total. The van der Waals surface area contributed by atoms with E-state index in [9.17, 15) is 23.1 Å². The number of carboxylic acids is 1. The first-order chi connectivity index (χ1) is 10.7. The Labute approximate surface area is 130 Å². The van der Waals surface area contributed by atoms with Crippen LogP contribution in [0, 0.1) is 6.92 Å². The lowest BCUT2D eigenvalue weighted by molar-refractivity contribution is -0.144. The molecular formula is C15H15F3N2O3. The number of carbonyl (C=O) groups is 1. The van der Waals surface area contributed by atoms with Crippen molar-refractivity contribution in [3.63, 3.8) is 0 Å². The Morgan fingerprint density at radius 3 is 2.61 bits per heavy atom. The van der Waals surface area contributed by atoms with Gasteiger partial charge in [-0.2, -0.15) is 13.2 Å². The monoisotopic (exact) mass is 328 g/mol. The number of aliphatic carboxylic acids is 1. The molecule has 8 heteroatoms. The molecule has 0 radical (unpaired) electrons. The van der Waals surface area contributed by atoms with Gasteiger partial charge in [-0.3, -0.25) is 9.69 Å². The summed E-state index contributed by atoms with van der Waals surface area (Å²) in [6.07, 6.45) is -4.53. The number of likely N-dealkylation sites (N-methyl/N-ethyl adjacent to an activating group) is 1. The van der Waals surface area contributed by atoms with Crippen molar-refractivity contribution in [2.45, 2.75) is 25.7 Å². The average molecular weight is 328 g/mol. The van der Waals surface area contributed by atoms with E-state index in [0.717, 1.165) is 12.1 Å². The number of alkyl halides is 3. The fourth-order valence-electron chi connectivity index (χ4n) is 2.30. The van der Waals surface area contributed by atoms with Gasteiger partial charge in [0, 0.05) is 6.07 Å². The molecule has 124 valence electrons. The van der Waals surface area contributed by atoms with Crippen LogP contribution in [0.1, 0.15) is 28.6 Å². The lowest BCUT2D eigenvalue weighted by Crippen LogP contribution is -2.30. The molecule has 2 rings (SSSR count). The maximum atomic E-state index is 12.8. The summed E-state index contributed by atoms with van der Waals surface area (Å²) in [5.74, 6) is -0.814. The smallest absolute Gasteiger partial charge is 0.416 e. The summed E-state index contributed by atoms with van der Waals surface area (Å²) in [7, 11) is 1.50. The van der Waals surface area contributed by atoms with E-state index in [1.165, 1.54) is 24.1 Å². The molecule has 1 heterocycles. The van der Waals surface area contributed by atoms with E-state index in [2.05, 4.69) is 5.16 Å². The van der Waals surface area contributed by atoms with Crippen molar-refractivity contribution in [2.24, 2.45) is 0 Å². The molecule has 23 heavy (non-hydrogen) atoms. The van der Waals surface area contributed by atoms with Gasteiger partial charge in [0.05, 0.1) is 17.8 Å². The third-order valence-electron chi connectivity index (χ3n) is 3.29. The lowest BCUT2D eigenvalue weighted by Gasteiger charge is -2.24. The Morgan fingerprint density at radius 2 is 2.09 bits per heavy atom. The number of carboxylic acid groups (broad SMARTS) is 1. The molecule has 1 atom stereocenters. The van der Waals surface area contributed by atoms with Crippen molar-refractivity contribution in [3.8, 4) is 0 Å². The molecule has 0 aliphatic carbocycles. The van der Waals surface area contributed by atoms with Gasteiger partial charge in [0.1, 0.15) is 6.04 Å². The SMILES string of the molecule is Cc1cc(CN(C)C(C(=O)O)c2cccc(C(F)(F)F)c2)on1. The Bertz CT molecular complexity index is 697. The van der Waals surface area contributed by atoms with E-state index in [1.54, 1.807) is 13.0 Å². The Morgan fingerprint density at radius 1 is 1.39 bits per heavy atom. The molecule has 0 bridgehead atoms. The summed E-state index contributed by atoms with van der Waals surface area (Å²) in [6, 6.07) is 4.71. The van der Waals surface area contributed by atoms with Crippen molar-refractivity contribution in [1.82, 2.24) is 10.1 Å². The van der Waals surface area contributed by atoms with Crippen molar-refractivity contribution in [3.05, 3.63) is 52.9 Å². The second-order valence-electron chi connectivity index (χ2n) is 5.21. The van der Waals surface area contributed by atoms with Crippen LogP contribution in [-0.4, -0.2) is 28.2 Å². The quantitative estimate of drug-likeness (QED) is 0.912. The Balaban J connectivity index is 2.29. The summed E-state index contributed by atoms with van der Waals surface area (Å²) in [5.41, 5.74) is -0.199. The lowest BCUT2D eigenvalue weighted by atomic mass is 10.0. The molecule has 0 saturated heterocycles. The van der Waals surface area contributed by atoms with Crippen LogP contribution in [0.15, 0.2) is 34.9 Å². The van der Waals surface area contributed by atoms with Crippen LogP contribution in [0.25, 0.3) is 0 Å². The van der Waals surface area contributed by atoms with E-state index < -0.39 is 23.8 Å². The second kappa shape index (κ2) is 6.41. The molecule has 1 aromatic heterocycles. The van der Waals surface area contributed by atoms with Crippen LogP contribution in [-0.2, 0) is 17.5 Å². The van der Waals surface area contributed by atoms with E-state index >= 15 is 0 Å². The van der Waals surface area contributed by atoms with Gasteiger partial charge in [-0.15, -0.1) is 0 Å². The van der Waals surface area contributed by atoms with Gasteiger partial charge in [-0.1, -0.05) is 17.3 Å². The zero-order valence-electron chi connectivity index (χ0n) is 12.5. The van der Waals surface area contributed by atoms with Gasteiger partial charge in [-0.05, 0) is 31.7 Å². The fraction of sp³-hybridized carbons (Fsp3) is 0.333. The van der Waals surface area contributed by atoms with Crippen LogP contribution in [0.3, 0.4) is 0 Å². The predicted octanol–water partition coefficient (Wildman–Crippen LogP) is 3.26. The molecule has 1 aromatic carbocycles. The summed E-state index contributed by atoms with van der Waals surface area (Å²) < 4.78 is 43.4. The molecule has 0 amide bonds. The zero-order chi connectivity index (χ0) is 17.2.